The molecule has 0 bridgehead atoms. The van der Waals surface area contributed by atoms with Gasteiger partial charge in [0.05, 0.1) is 4.90 Å². The molecule has 1 aromatic rings. The molecule has 0 fully saturated rings. The van der Waals surface area contributed by atoms with Crippen molar-refractivity contribution in [1.29, 1.82) is 0 Å². The number of benzene rings is 1. The molecular formula is C13H21ClN2O2S2. The average Bonchev–Trinajstić information content (AvgIpc) is 2.39. The number of nitrogens with two attached hydrogens (primary N) is 1. The third kappa shape index (κ3) is 4.36. The molecule has 1 aromatic carbocycles. The summed E-state index contributed by atoms with van der Waals surface area (Å²) in [7, 11) is -3.59. The second-order valence-corrected chi connectivity index (χ2v) is 8.87. The van der Waals surface area contributed by atoms with Crippen molar-refractivity contribution in [3.8, 4) is 0 Å². The summed E-state index contributed by atoms with van der Waals surface area (Å²) in [5.74, 6) is 0. The first kappa shape index (κ1) is 17.8. The number of thioether (sulfide) groups is 1. The van der Waals surface area contributed by atoms with Crippen molar-refractivity contribution in [2.24, 2.45) is 5.73 Å². The summed E-state index contributed by atoms with van der Waals surface area (Å²) in [6, 6.07) is 3.16. The molecule has 0 radical (unpaired) electrons. The third-order valence-corrected chi connectivity index (χ3v) is 6.18. The molecule has 3 N–H and O–H groups in total. The van der Waals surface area contributed by atoms with Gasteiger partial charge in [-0.3, -0.25) is 0 Å². The maximum absolute atomic E-state index is 12.4. The summed E-state index contributed by atoms with van der Waals surface area (Å²) >= 11 is 7.58. The lowest BCUT2D eigenvalue weighted by Gasteiger charge is -2.22. The summed E-state index contributed by atoms with van der Waals surface area (Å²) in [5, 5.41) is 0.376. The summed E-state index contributed by atoms with van der Waals surface area (Å²) < 4.78 is 27.3. The van der Waals surface area contributed by atoms with Crippen molar-refractivity contribution in [3.05, 3.63) is 28.3 Å². The van der Waals surface area contributed by atoms with Crippen LogP contribution < -0.4 is 10.5 Å². The van der Waals surface area contributed by atoms with E-state index in [0.717, 1.165) is 5.56 Å². The molecule has 0 amide bonds. The maximum atomic E-state index is 12.4. The number of halogens is 1. The molecule has 7 heteroatoms. The molecule has 1 rings (SSSR count). The second-order valence-electron chi connectivity index (χ2n) is 5.18. The van der Waals surface area contributed by atoms with Gasteiger partial charge in [0, 0.05) is 22.9 Å². The first-order chi connectivity index (χ1) is 9.13. The lowest BCUT2D eigenvalue weighted by Crippen LogP contribution is -2.36. The minimum absolute atomic E-state index is 0.170. The molecule has 0 spiro atoms. The van der Waals surface area contributed by atoms with Crippen LogP contribution in [0.15, 0.2) is 17.0 Å². The molecule has 0 aliphatic heterocycles. The van der Waals surface area contributed by atoms with Gasteiger partial charge < -0.3 is 5.73 Å². The van der Waals surface area contributed by atoms with Gasteiger partial charge in [-0.15, -0.1) is 0 Å². The zero-order valence-corrected chi connectivity index (χ0v) is 14.5. The second kappa shape index (κ2) is 6.66. The Bertz CT molecular complexity index is 586. The van der Waals surface area contributed by atoms with Gasteiger partial charge in [0.1, 0.15) is 0 Å². The Kier molecular flexibility index (Phi) is 5.92. The quantitative estimate of drug-likeness (QED) is 0.837. The SMILES string of the molecule is CSC(C)(C)CNS(=O)(=O)c1cc(Cl)cc(CN)c1C. The zero-order valence-electron chi connectivity index (χ0n) is 12.2. The molecule has 0 aliphatic carbocycles. The lowest BCUT2D eigenvalue weighted by atomic mass is 10.1. The maximum Gasteiger partial charge on any atom is 0.240 e. The first-order valence-corrected chi connectivity index (χ1v) is 9.25. The predicted octanol–water partition coefficient (Wildman–Crippen LogP) is 2.53. The van der Waals surface area contributed by atoms with E-state index in [1.54, 1.807) is 24.8 Å². The van der Waals surface area contributed by atoms with E-state index >= 15 is 0 Å². The number of hydrogen-bond acceptors (Lipinski definition) is 4. The standard InChI is InChI=1S/C13H21ClN2O2S2/c1-9-10(7-15)5-11(14)6-12(9)20(17,18)16-8-13(2,3)19-4/h5-6,16H,7-8,15H2,1-4H3. The van der Waals surface area contributed by atoms with Gasteiger partial charge >= 0.3 is 0 Å². The van der Waals surface area contributed by atoms with Gasteiger partial charge in [0.15, 0.2) is 0 Å². The van der Waals surface area contributed by atoms with Gasteiger partial charge in [-0.1, -0.05) is 11.6 Å². The van der Waals surface area contributed by atoms with Crippen molar-refractivity contribution >= 4 is 33.4 Å². The number of hydrogen-bond donors (Lipinski definition) is 2. The van der Waals surface area contributed by atoms with Crippen LogP contribution >= 0.6 is 23.4 Å². The van der Waals surface area contributed by atoms with Crippen LogP contribution in [0.4, 0.5) is 0 Å². The number of rotatable bonds is 6. The fourth-order valence-electron chi connectivity index (χ4n) is 1.62. The highest BCUT2D eigenvalue weighted by molar-refractivity contribution is 8.00. The van der Waals surface area contributed by atoms with E-state index in [2.05, 4.69) is 4.72 Å². The van der Waals surface area contributed by atoms with E-state index in [1.807, 2.05) is 20.1 Å². The molecular weight excluding hydrogens is 316 g/mol. The molecule has 0 saturated heterocycles. The monoisotopic (exact) mass is 336 g/mol. The Morgan fingerprint density at radius 1 is 1.40 bits per heavy atom. The van der Waals surface area contributed by atoms with Crippen molar-refractivity contribution < 1.29 is 8.42 Å². The van der Waals surface area contributed by atoms with Crippen LogP contribution in [0.1, 0.15) is 25.0 Å². The molecule has 0 heterocycles. The highest BCUT2D eigenvalue weighted by Crippen LogP contribution is 2.25. The Labute approximate surface area is 130 Å². The van der Waals surface area contributed by atoms with Crippen LogP contribution in [-0.4, -0.2) is 26.0 Å². The van der Waals surface area contributed by atoms with Crippen LogP contribution in [0, 0.1) is 6.92 Å². The topological polar surface area (TPSA) is 72.2 Å². The van der Waals surface area contributed by atoms with Gasteiger partial charge in [-0.25, -0.2) is 13.1 Å². The van der Waals surface area contributed by atoms with Crippen LogP contribution in [0.3, 0.4) is 0 Å². The molecule has 0 unspecified atom stereocenters. The molecule has 114 valence electrons. The normalized spacial score (nSPS) is 12.7. The van der Waals surface area contributed by atoms with E-state index in [1.165, 1.54) is 6.07 Å². The molecule has 4 nitrogen and oxygen atoms in total. The van der Waals surface area contributed by atoms with Gasteiger partial charge in [-0.2, -0.15) is 11.8 Å². The molecule has 0 aromatic heterocycles. The number of sulfonamides is 1. The van der Waals surface area contributed by atoms with Crippen LogP contribution in [-0.2, 0) is 16.6 Å². The largest absolute Gasteiger partial charge is 0.326 e. The van der Waals surface area contributed by atoms with E-state index in [4.69, 9.17) is 17.3 Å². The zero-order chi connectivity index (χ0) is 15.6. The Morgan fingerprint density at radius 3 is 2.50 bits per heavy atom. The van der Waals surface area contributed by atoms with Crippen molar-refractivity contribution in [3.63, 3.8) is 0 Å². The van der Waals surface area contributed by atoms with E-state index in [0.29, 0.717) is 17.1 Å². The highest BCUT2D eigenvalue weighted by atomic mass is 35.5. The minimum Gasteiger partial charge on any atom is -0.326 e. The van der Waals surface area contributed by atoms with Crippen molar-refractivity contribution in [1.82, 2.24) is 4.72 Å². The van der Waals surface area contributed by atoms with Crippen LogP contribution in [0.2, 0.25) is 5.02 Å². The third-order valence-electron chi connectivity index (χ3n) is 3.18. The average molecular weight is 337 g/mol. The van der Waals surface area contributed by atoms with Gasteiger partial charge in [0.25, 0.3) is 0 Å². The van der Waals surface area contributed by atoms with Crippen molar-refractivity contribution in [2.75, 3.05) is 12.8 Å². The molecule has 0 aliphatic rings. The smallest absolute Gasteiger partial charge is 0.240 e. The van der Waals surface area contributed by atoms with Crippen LogP contribution in [0.5, 0.6) is 0 Å². The fraction of sp³-hybridized carbons (Fsp3) is 0.538. The summed E-state index contributed by atoms with van der Waals surface area (Å²) in [4.78, 5) is 0.197. The summed E-state index contributed by atoms with van der Waals surface area (Å²) in [6.45, 7) is 6.31. The van der Waals surface area contributed by atoms with Crippen LogP contribution in [0.25, 0.3) is 0 Å². The highest BCUT2D eigenvalue weighted by Gasteiger charge is 2.23. The summed E-state index contributed by atoms with van der Waals surface area (Å²) in [5.41, 5.74) is 7.00. The molecule has 20 heavy (non-hydrogen) atoms. The van der Waals surface area contributed by atoms with E-state index < -0.39 is 10.0 Å². The predicted molar refractivity (Wildman–Crippen MR) is 86.9 cm³/mol. The fourth-order valence-corrected chi connectivity index (χ4v) is 3.75. The number of nitrogens with one attached hydrogen (secondary N) is 1. The van der Waals surface area contributed by atoms with E-state index in [9.17, 15) is 8.42 Å². The Balaban J connectivity index is 3.13. The molecule has 0 atom stereocenters. The first-order valence-electron chi connectivity index (χ1n) is 6.17. The molecule has 0 saturated carbocycles. The Hall–Kier alpha value is -0.270. The minimum atomic E-state index is -3.59. The van der Waals surface area contributed by atoms with Gasteiger partial charge in [-0.05, 0) is 50.3 Å². The summed E-state index contributed by atoms with van der Waals surface area (Å²) in [6.07, 6.45) is 1.95. The van der Waals surface area contributed by atoms with Crippen molar-refractivity contribution in [2.45, 2.75) is 37.0 Å². The Morgan fingerprint density at radius 2 is 2.00 bits per heavy atom. The van der Waals surface area contributed by atoms with E-state index in [-0.39, 0.29) is 16.2 Å². The lowest BCUT2D eigenvalue weighted by molar-refractivity contribution is 0.570. The van der Waals surface area contributed by atoms with Gasteiger partial charge in [0.2, 0.25) is 10.0 Å².